The van der Waals surface area contributed by atoms with E-state index in [-0.39, 0.29) is 24.0 Å². The molecule has 0 bridgehead atoms. The maximum absolute atomic E-state index is 12.4. The van der Waals surface area contributed by atoms with Crippen LogP contribution in [0.3, 0.4) is 0 Å². The van der Waals surface area contributed by atoms with Crippen molar-refractivity contribution in [3.8, 4) is 0 Å². The molecule has 1 saturated heterocycles. The van der Waals surface area contributed by atoms with Crippen molar-refractivity contribution in [2.75, 3.05) is 20.3 Å². The molecule has 1 aliphatic heterocycles. The van der Waals surface area contributed by atoms with Crippen LogP contribution < -0.4 is 5.32 Å². The lowest BCUT2D eigenvalue weighted by molar-refractivity contribution is -0.161. The highest BCUT2D eigenvalue weighted by Gasteiger charge is 2.39. The van der Waals surface area contributed by atoms with Crippen LogP contribution in [0.4, 0.5) is 0 Å². The van der Waals surface area contributed by atoms with E-state index in [4.69, 9.17) is 9.47 Å². The molecule has 5 unspecified atom stereocenters. The zero-order chi connectivity index (χ0) is 14.7. The number of likely N-dealkylation sites (N-methyl/N-ethyl adjacent to an activating group) is 1. The van der Waals surface area contributed by atoms with E-state index < -0.39 is 0 Å². The number of carbonyl (C=O) groups excluding carboxylic acids is 1. The molecule has 1 N–H and O–H groups in total. The molecule has 5 atom stereocenters. The average Bonchev–Trinajstić information content (AvgIpc) is 2.86. The van der Waals surface area contributed by atoms with Crippen LogP contribution in [0.25, 0.3) is 0 Å². The molecular formula is C16H29NO3. The minimum atomic E-state index is -0.148. The Morgan fingerprint density at radius 2 is 2.05 bits per heavy atom. The highest BCUT2D eigenvalue weighted by molar-refractivity contribution is 5.74. The summed E-state index contributed by atoms with van der Waals surface area (Å²) in [6.07, 6.45) is 3.52. The number of ether oxygens (including phenoxy) is 2. The molecule has 1 aliphatic carbocycles. The summed E-state index contributed by atoms with van der Waals surface area (Å²) in [5.74, 6) is 1.50. The Bertz CT molecular complexity index is 332. The van der Waals surface area contributed by atoms with Gasteiger partial charge in [-0.05, 0) is 37.6 Å². The third-order valence-electron chi connectivity index (χ3n) is 4.98. The SMILES string of the molecule is CNC1COCC1C(=O)OC1CC(C)CCC1C(C)C. The summed E-state index contributed by atoms with van der Waals surface area (Å²) in [5.41, 5.74) is 0. The number of hydrogen-bond donors (Lipinski definition) is 1. The van der Waals surface area contributed by atoms with Crippen LogP contribution in [0.2, 0.25) is 0 Å². The summed E-state index contributed by atoms with van der Waals surface area (Å²) >= 11 is 0. The van der Waals surface area contributed by atoms with Gasteiger partial charge in [-0.15, -0.1) is 0 Å². The standard InChI is InChI=1S/C16H29NO3/c1-10(2)12-6-5-11(3)7-15(12)20-16(18)13-8-19-9-14(13)17-4/h10-15,17H,5-9H2,1-4H3. The van der Waals surface area contributed by atoms with Crippen molar-refractivity contribution in [1.29, 1.82) is 0 Å². The van der Waals surface area contributed by atoms with Crippen molar-refractivity contribution in [3.63, 3.8) is 0 Å². The summed E-state index contributed by atoms with van der Waals surface area (Å²) in [6, 6.07) is 0.0982. The number of hydrogen-bond acceptors (Lipinski definition) is 4. The van der Waals surface area contributed by atoms with Crippen molar-refractivity contribution < 1.29 is 14.3 Å². The average molecular weight is 283 g/mol. The van der Waals surface area contributed by atoms with Crippen LogP contribution in [-0.4, -0.2) is 38.4 Å². The predicted octanol–water partition coefficient (Wildman–Crippen LogP) is 2.22. The first-order valence-electron chi connectivity index (χ1n) is 7.98. The summed E-state index contributed by atoms with van der Waals surface area (Å²) in [6.45, 7) is 7.81. The van der Waals surface area contributed by atoms with Gasteiger partial charge in [-0.3, -0.25) is 4.79 Å². The fraction of sp³-hybridized carbons (Fsp3) is 0.938. The largest absolute Gasteiger partial charge is 0.462 e. The smallest absolute Gasteiger partial charge is 0.313 e. The maximum atomic E-state index is 12.4. The van der Waals surface area contributed by atoms with Gasteiger partial charge < -0.3 is 14.8 Å². The molecule has 4 heteroatoms. The van der Waals surface area contributed by atoms with E-state index in [0.29, 0.717) is 31.0 Å². The molecule has 2 aliphatic rings. The molecule has 4 nitrogen and oxygen atoms in total. The van der Waals surface area contributed by atoms with Crippen LogP contribution in [0, 0.1) is 23.7 Å². The van der Waals surface area contributed by atoms with Gasteiger partial charge in [-0.25, -0.2) is 0 Å². The van der Waals surface area contributed by atoms with Crippen LogP contribution >= 0.6 is 0 Å². The van der Waals surface area contributed by atoms with E-state index in [9.17, 15) is 4.79 Å². The van der Waals surface area contributed by atoms with Gasteiger partial charge >= 0.3 is 5.97 Å². The van der Waals surface area contributed by atoms with Gasteiger partial charge in [-0.2, -0.15) is 0 Å². The van der Waals surface area contributed by atoms with Crippen LogP contribution in [0.15, 0.2) is 0 Å². The third kappa shape index (κ3) is 3.53. The second-order valence-corrected chi connectivity index (χ2v) is 6.84. The Balaban J connectivity index is 1.97. The molecule has 0 amide bonds. The quantitative estimate of drug-likeness (QED) is 0.804. The van der Waals surface area contributed by atoms with Crippen LogP contribution in [0.1, 0.15) is 40.0 Å². The Labute approximate surface area is 122 Å². The first kappa shape index (κ1) is 15.8. The molecule has 0 aromatic heterocycles. The van der Waals surface area contributed by atoms with Gasteiger partial charge in [0.25, 0.3) is 0 Å². The number of carbonyl (C=O) groups is 1. The third-order valence-corrected chi connectivity index (χ3v) is 4.98. The second-order valence-electron chi connectivity index (χ2n) is 6.84. The van der Waals surface area contributed by atoms with E-state index in [1.807, 2.05) is 7.05 Å². The first-order chi connectivity index (χ1) is 9.52. The Kier molecular flexibility index (Phi) is 5.44. The minimum absolute atomic E-state index is 0.0772. The molecule has 20 heavy (non-hydrogen) atoms. The molecule has 1 heterocycles. The lowest BCUT2D eigenvalue weighted by atomic mass is 9.75. The number of rotatable bonds is 4. The Hall–Kier alpha value is -0.610. The van der Waals surface area contributed by atoms with Crippen molar-refractivity contribution in [1.82, 2.24) is 5.32 Å². The van der Waals surface area contributed by atoms with Crippen molar-refractivity contribution in [2.24, 2.45) is 23.7 Å². The molecule has 116 valence electrons. The van der Waals surface area contributed by atoms with Gasteiger partial charge in [0, 0.05) is 6.04 Å². The summed E-state index contributed by atoms with van der Waals surface area (Å²) in [4.78, 5) is 12.4. The highest BCUT2D eigenvalue weighted by Crippen LogP contribution is 2.36. The molecule has 2 fully saturated rings. The molecule has 0 aromatic carbocycles. The van der Waals surface area contributed by atoms with Gasteiger partial charge in [0.2, 0.25) is 0 Å². The van der Waals surface area contributed by atoms with E-state index >= 15 is 0 Å². The Morgan fingerprint density at radius 3 is 2.70 bits per heavy atom. The van der Waals surface area contributed by atoms with Gasteiger partial charge in [0.05, 0.1) is 19.1 Å². The van der Waals surface area contributed by atoms with Gasteiger partial charge in [0.1, 0.15) is 6.10 Å². The van der Waals surface area contributed by atoms with Crippen LogP contribution in [-0.2, 0) is 14.3 Å². The molecule has 0 aromatic rings. The summed E-state index contributed by atoms with van der Waals surface area (Å²) in [5, 5.41) is 3.15. The molecule has 2 rings (SSSR count). The summed E-state index contributed by atoms with van der Waals surface area (Å²) < 4.78 is 11.3. The normalized spacial score (nSPS) is 38.1. The van der Waals surface area contributed by atoms with Crippen molar-refractivity contribution in [2.45, 2.75) is 52.2 Å². The predicted molar refractivity (Wildman–Crippen MR) is 78.4 cm³/mol. The van der Waals surface area contributed by atoms with Gasteiger partial charge in [-0.1, -0.05) is 27.2 Å². The second kappa shape index (κ2) is 6.90. The number of nitrogens with one attached hydrogen (secondary N) is 1. The van der Waals surface area contributed by atoms with Crippen LogP contribution in [0.5, 0.6) is 0 Å². The minimum Gasteiger partial charge on any atom is -0.462 e. The topological polar surface area (TPSA) is 47.6 Å². The van der Waals surface area contributed by atoms with E-state index in [1.165, 1.54) is 12.8 Å². The maximum Gasteiger partial charge on any atom is 0.313 e. The van der Waals surface area contributed by atoms with E-state index in [0.717, 1.165) is 6.42 Å². The lowest BCUT2D eigenvalue weighted by Gasteiger charge is -2.37. The zero-order valence-corrected chi connectivity index (χ0v) is 13.2. The Morgan fingerprint density at radius 1 is 1.30 bits per heavy atom. The highest BCUT2D eigenvalue weighted by atomic mass is 16.6. The van der Waals surface area contributed by atoms with E-state index in [2.05, 4.69) is 26.1 Å². The number of esters is 1. The zero-order valence-electron chi connectivity index (χ0n) is 13.2. The van der Waals surface area contributed by atoms with Gasteiger partial charge in [0.15, 0.2) is 0 Å². The molecule has 0 spiro atoms. The van der Waals surface area contributed by atoms with Crippen molar-refractivity contribution in [3.05, 3.63) is 0 Å². The molecule has 1 saturated carbocycles. The first-order valence-corrected chi connectivity index (χ1v) is 7.98. The van der Waals surface area contributed by atoms with E-state index in [1.54, 1.807) is 0 Å². The fourth-order valence-electron chi connectivity index (χ4n) is 3.56. The molecule has 0 radical (unpaired) electrons. The lowest BCUT2D eigenvalue weighted by Crippen LogP contribution is -2.42. The van der Waals surface area contributed by atoms with Crippen molar-refractivity contribution >= 4 is 5.97 Å². The summed E-state index contributed by atoms with van der Waals surface area (Å²) in [7, 11) is 1.87. The molecular weight excluding hydrogens is 254 g/mol. The monoisotopic (exact) mass is 283 g/mol. The fourth-order valence-corrected chi connectivity index (χ4v) is 3.56.